The summed E-state index contributed by atoms with van der Waals surface area (Å²) < 4.78 is 11.6. The average Bonchev–Trinajstić information content (AvgIpc) is 2.67. The third kappa shape index (κ3) is 4.52. The molecular formula is C20H21IN2O4. The predicted octanol–water partition coefficient (Wildman–Crippen LogP) is 2.38. The number of carbonyl (C=O) groups excluding carboxylic acids is 2. The molecule has 1 aliphatic rings. The Balaban J connectivity index is 1.82. The van der Waals surface area contributed by atoms with Crippen LogP contribution in [0.5, 0.6) is 11.5 Å². The first kappa shape index (κ1) is 19.5. The maximum absolute atomic E-state index is 12.9. The monoisotopic (exact) mass is 480 g/mol. The maximum Gasteiger partial charge on any atom is 0.246 e. The number of hydrogen-bond acceptors (Lipinski definition) is 4. The van der Waals surface area contributed by atoms with E-state index in [0.29, 0.717) is 24.5 Å². The lowest BCUT2D eigenvalue weighted by Gasteiger charge is -2.33. The Morgan fingerprint density at radius 1 is 1.15 bits per heavy atom. The summed E-state index contributed by atoms with van der Waals surface area (Å²) >= 11 is 2.19. The summed E-state index contributed by atoms with van der Waals surface area (Å²) in [4.78, 5) is 26.7. The highest BCUT2D eigenvalue weighted by Crippen LogP contribution is 2.31. The Kier molecular flexibility index (Phi) is 6.20. The van der Waals surface area contributed by atoms with Crippen LogP contribution >= 0.6 is 22.6 Å². The van der Waals surface area contributed by atoms with Gasteiger partial charge in [-0.15, -0.1) is 0 Å². The van der Waals surface area contributed by atoms with Crippen molar-refractivity contribution < 1.29 is 19.1 Å². The first-order chi connectivity index (χ1) is 13.0. The number of nitrogens with zero attached hydrogens (tertiary/aromatic N) is 1. The van der Waals surface area contributed by atoms with Crippen molar-refractivity contribution in [2.24, 2.45) is 0 Å². The van der Waals surface area contributed by atoms with Crippen molar-refractivity contribution in [3.05, 3.63) is 57.2 Å². The summed E-state index contributed by atoms with van der Waals surface area (Å²) in [6.45, 7) is 0.491. The minimum Gasteiger partial charge on any atom is -0.497 e. The molecule has 142 valence electrons. The Hall–Kier alpha value is -2.29. The highest BCUT2D eigenvalue weighted by atomic mass is 127. The highest BCUT2D eigenvalue weighted by molar-refractivity contribution is 14.1. The Bertz CT molecular complexity index is 841. The van der Waals surface area contributed by atoms with Gasteiger partial charge in [0.15, 0.2) is 0 Å². The van der Waals surface area contributed by atoms with Gasteiger partial charge in [-0.1, -0.05) is 30.3 Å². The van der Waals surface area contributed by atoms with E-state index in [2.05, 4.69) is 27.9 Å². The van der Waals surface area contributed by atoms with Crippen LogP contribution < -0.4 is 14.8 Å². The van der Waals surface area contributed by atoms with Crippen molar-refractivity contribution in [3.63, 3.8) is 0 Å². The van der Waals surface area contributed by atoms with Crippen LogP contribution in [0.3, 0.4) is 0 Å². The predicted molar refractivity (Wildman–Crippen MR) is 110 cm³/mol. The molecule has 0 saturated carbocycles. The molecule has 0 aliphatic carbocycles. The van der Waals surface area contributed by atoms with Crippen LogP contribution in [0, 0.1) is 3.57 Å². The van der Waals surface area contributed by atoms with E-state index in [4.69, 9.17) is 9.47 Å². The smallest absolute Gasteiger partial charge is 0.246 e. The summed E-state index contributed by atoms with van der Waals surface area (Å²) in [7, 11) is 3.18. The number of halogens is 1. The van der Waals surface area contributed by atoms with E-state index in [1.807, 2.05) is 36.4 Å². The first-order valence-electron chi connectivity index (χ1n) is 8.54. The van der Waals surface area contributed by atoms with E-state index in [0.717, 1.165) is 14.7 Å². The fourth-order valence-corrected chi connectivity index (χ4v) is 3.86. The molecule has 1 heterocycles. The second-order valence-electron chi connectivity index (χ2n) is 6.31. The van der Waals surface area contributed by atoms with Crippen LogP contribution in [0.25, 0.3) is 0 Å². The molecule has 27 heavy (non-hydrogen) atoms. The van der Waals surface area contributed by atoms with Gasteiger partial charge < -0.3 is 19.7 Å². The molecule has 6 nitrogen and oxygen atoms in total. The average molecular weight is 480 g/mol. The lowest BCUT2D eigenvalue weighted by atomic mass is 10.0. The minimum absolute atomic E-state index is 0.0722. The second kappa shape index (κ2) is 8.60. The molecule has 7 heteroatoms. The van der Waals surface area contributed by atoms with Gasteiger partial charge in [0.1, 0.15) is 17.5 Å². The number of amides is 2. The maximum atomic E-state index is 12.9. The van der Waals surface area contributed by atoms with Crippen molar-refractivity contribution in [3.8, 4) is 11.5 Å². The van der Waals surface area contributed by atoms with Gasteiger partial charge >= 0.3 is 0 Å². The van der Waals surface area contributed by atoms with Crippen LogP contribution in [0.15, 0.2) is 42.5 Å². The molecular weight excluding hydrogens is 459 g/mol. The van der Waals surface area contributed by atoms with Crippen molar-refractivity contribution in [2.45, 2.75) is 19.0 Å². The van der Waals surface area contributed by atoms with E-state index < -0.39 is 6.04 Å². The number of carbonyl (C=O) groups is 2. The lowest BCUT2D eigenvalue weighted by molar-refractivity contribution is -0.144. The van der Waals surface area contributed by atoms with Crippen LogP contribution in [-0.2, 0) is 22.6 Å². The van der Waals surface area contributed by atoms with Crippen LogP contribution in [0.2, 0.25) is 0 Å². The molecule has 1 N–H and O–H groups in total. The van der Waals surface area contributed by atoms with Gasteiger partial charge in [-0.05, 0) is 39.8 Å². The van der Waals surface area contributed by atoms with Gasteiger partial charge in [0.2, 0.25) is 11.8 Å². The van der Waals surface area contributed by atoms with E-state index >= 15 is 0 Å². The van der Waals surface area contributed by atoms with Gasteiger partial charge in [-0.25, -0.2) is 0 Å². The Morgan fingerprint density at radius 2 is 1.89 bits per heavy atom. The van der Waals surface area contributed by atoms with Gasteiger partial charge in [0, 0.05) is 19.0 Å². The molecule has 1 unspecified atom stereocenters. The van der Waals surface area contributed by atoms with Crippen molar-refractivity contribution in [1.82, 2.24) is 10.2 Å². The third-order valence-corrected chi connectivity index (χ3v) is 5.69. The molecule has 1 fully saturated rings. The Labute approximate surface area is 172 Å². The fourth-order valence-electron chi connectivity index (χ4n) is 3.11. The molecule has 1 atom stereocenters. The quantitative estimate of drug-likeness (QED) is 0.645. The Morgan fingerprint density at radius 3 is 2.56 bits per heavy atom. The van der Waals surface area contributed by atoms with Gasteiger partial charge in [-0.3, -0.25) is 9.59 Å². The molecule has 0 bridgehead atoms. The molecule has 0 aromatic heterocycles. The van der Waals surface area contributed by atoms with Gasteiger partial charge in [0.05, 0.1) is 24.3 Å². The third-order valence-electron chi connectivity index (χ3n) is 4.46. The summed E-state index contributed by atoms with van der Waals surface area (Å²) in [6, 6.07) is 12.7. The van der Waals surface area contributed by atoms with Crippen molar-refractivity contribution in [2.75, 3.05) is 20.8 Å². The van der Waals surface area contributed by atoms with E-state index in [-0.39, 0.29) is 18.4 Å². The number of rotatable bonds is 6. The lowest BCUT2D eigenvalue weighted by Crippen LogP contribution is -2.58. The number of ether oxygens (including phenoxy) is 2. The highest BCUT2D eigenvalue weighted by Gasteiger charge is 2.33. The zero-order chi connectivity index (χ0) is 19.4. The van der Waals surface area contributed by atoms with Gasteiger partial charge in [-0.2, -0.15) is 0 Å². The van der Waals surface area contributed by atoms with Crippen LogP contribution in [0.1, 0.15) is 11.1 Å². The van der Waals surface area contributed by atoms with Crippen LogP contribution in [0.4, 0.5) is 0 Å². The van der Waals surface area contributed by atoms with Gasteiger partial charge in [0.25, 0.3) is 0 Å². The molecule has 2 aromatic carbocycles. The van der Waals surface area contributed by atoms with E-state index in [1.54, 1.807) is 25.2 Å². The van der Waals surface area contributed by atoms with E-state index in [1.165, 1.54) is 0 Å². The standard InChI is InChI=1S/C20H21IN2O4/c1-26-15-8-14(19(21)17(10-15)27-2)9-16-20(25)23(12-18(24)22-16)11-13-6-4-3-5-7-13/h3-8,10,16H,9,11-12H2,1-2H3,(H,22,24). The molecule has 3 rings (SSSR count). The fraction of sp³-hybridized carbons (Fsp3) is 0.300. The molecule has 0 radical (unpaired) electrons. The molecule has 2 amide bonds. The summed E-state index contributed by atoms with van der Waals surface area (Å²) in [5.74, 6) is 1.09. The largest absolute Gasteiger partial charge is 0.497 e. The topological polar surface area (TPSA) is 67.9 Å². The number of methoxy groups -OCH3 is 2. The first-order valence-corrected chi connectivity index (χ1v) is 9.62. The number of piperazine rings is 1. The normalized spacial score (nSPS) is 16.9. The zero-order valence-corrected chi connectivity index (χ0v) is 17.4. The number of hydrogen-bond donors (Lipinski definition) is 1. The summed E-state index contributed by atoms with van der Waals surface area (Å²) in [5, 5.41) is 2.82. The van der Waals surface area contributed by atoms with Crippen molar-refractivity contribution >= 4 is 34.4 Å². The summed E-state index contributed by atoms with van der Waals surface area (Å²) in [6.07, 6.45) is 0.377. The number of nitrogens with one attached hydrogen (secondary N) is 1. The molecule has 1 saturated heterocycles. The zero-order valence-electron chi connectivity index (χ0n) is 15.2. The summed E-state index contributed by atoms with van der Waals surface area (Å²) in [5.41, 5.74) is 1.89. The molecule has 1 aliphatic heterocycles. The van der Waals surface area contributed by atoms with E-state index in [9.17, 15) is 9.59 Å². The molecule has 0 spiro atoms. The van der Waals surface area contributed by atoms with Crippen molar-refractivity contribution in [1.29, 1.82) is 0 Å². The SMILES string of the molecule is COc1cc(CC2NC(=O)CN(Cc3ccccc3)C2=O)c(I)c(OC)c1. The minimum atomic E-state index is -0.611. The number of benzene rings is 2. The van der Waals surface area contributed by atoms with Crippen LogP contribution in [-0.4, -0.2) is 43.5 Å². The second-order valence-corrected chi connectivity index (χ2v) is 7.39. The molecule has 2 aromatic rings.